The van der Waals surface area contributed by atoms with Crippen LogP contribution in [0, 0.1) is 31.1 Å². The average molecular weight is 201 g/mol. The van der Waals surface area contributed by atoms with Gasteiger partial charge in [-0.1, -0.05) is 0 Å². The van der Waals surface area contributed by atoms with E-state index in [0.717, 1.165) is 19.5 Å². The first-order valence-corrected chi connectivity index (χ1v) is 5.28. The predicted octanol–water partition coefficient (Wildman–Crippen LogP) is 2.05. The summed E-state index contributed by atoms with van der Waals surface area (Å²) >= 11 is 0. The van der Waals surface area contributed by atoms with Crippen molar-refractivity contribution >= 4 is 5.69 Å². The second kappa shape index (κ2) is 3.90. The van der Waals surface area contributed by atoms with Gasteiger partial charge in [0.15, 0.2) is 0 Å². The predicted molar refractivity (Wildman–Crippen MR) is 59.6 cm³/mol. The van der Waals surface area contributed by atoms with E-state index in [9.17, 15) is 0 Å². The molecule has 0 spiro atoms. The Balaban J connectivity index is 2.28. The Labute approximate surface area is 90.4 Å². The highest BCUT2D eigenvalue weighted by atomic mass is 15.2. The molecule has 3 heteroatoms. The van der Waals surface area contributed by atoms with Gasteiger partial charge in [-0.15, -0.1) is 0 Å². The Morgan fingerprint density at radius 1 is 1.40 bits per heavy atom. The number of nitrogens with zero attached hydrogens (tertiary/aromatic N) is 3. The smallest absolute Gasteiger partial charge is 0.0675 e. The molecule has 1 aliphatic rings. The fourth-order valence-corrected chi connectivity index (χ4v) is 2.26. The molecule has 0 aromatic carbocycles. The number of hydrogen-bond donors (Lipinski definition) is 0. The van der Waals surface area contributed by atoms with Crippen LogP contribution >= 0.6 is 0 Å². The van der Waals surface area contributed by atoms with E-state index in [0.29, 0.717) is 0 Å². The van der Waals surface area contributed by atoms with Gasteiger partial charge in [0.05, 0.1) is 12.0 Å². The number of aromatic nitrogens is 1. The van der Waals surface area contributed by atoms with Gasteiger partial charge in [0.1, 0.15) is 0 Å². The maximum absolute atomic E-state index is 8.88. The number of aryl methyl sites for hydroxylation is 2. The first-order valence-electron chi connectivity index (χ1n) is 5.28. The average Bonchev–Trinajstić information content (AvgIpc) is 2.66. The molecule has 15 heavy (non-hydrogen) atoms. The third-order valence-electron chi connectivity index (χ3n) is 2.97. The molecule has 2 rings (SSSR count). The largest absolute Gasteiger partial charge is 0.370 e. The summed E-state index contributed by atoms with van der Waals surface area (Å²) in [6.07, 6.45) is 4.77. The molecule has 1 atom stereocenters. The second-order valence-corrected chi connectivity index (χ2v) is 4.18. The monoisotopic (exact) mass is 201 g/mol. The van der Waals surface area contributed by atoms with Crippen LogP contribution in [0.3, 0.4) is 0 Å². The molecule has 0 N–H and O–H groups in total. The summed E-state index contributed by atoms with van der Waals surface area (Å²) in [5.41, 5.74) is 3.67. The van der Waals surface area contributed by atoms with Gasteiger partial charge in [0.25, 0.3) is 0 Å². The van der Waals surface area contributed by atoms with Crippen molar-refractivity contribution in [3.63, 3.8) is 0 Å². The van der Waals surface area contributed by atoms with E-state index < -0.39 is 0 Å². The molecule has 1 unspecified atom stereocenters. The lowest BCUT2D eigenvalue weighted by Gasteiger charge is -2.22. The lowest BCUT2D eigenvalue weighted by molar-refractivity contribution is 0.754. The Kier molecular flexibility index (Phi) is 2.59. The highest BCUT2D eigenvalue weighted by Gasteiger charge is 2.24. The number of anilines is 1. The normalized spacial score (nSPS) is 20.3. The summed E-state index contributed by atoms with van der Waals surface area (Å²) in [6.45, 7) is 6.01. The highest BCUT2D eigenvalue weighted by Crippen LogP contribution is 2.28. The van der Waals surface area contributed by atoms with Gasteiger partial charge in [-0.05, 0) is 31.4 Å². The van der Waals surface area contributed by atoms with E-state index in [1.54, 1.807) is 0 Å². The number of pyridine rings is 1. The van der Waals surface area contributed by atoms with Gasteiger partial charge in [0, 0.05) is 31.2 Å². The molecule has 1 aromatic heterocycles. The van der Waals surface area contributed by atoms with Crippen molar-refractivity contribution in [1.29, 1.82) is 5.26 Å². The summed E-state index contributed by atoms with van der Waals surface area (Å²) in [5, 5.41) is 8.88. The molecule has 0 radical (unpaired) electrons. The van der Waals surface area contributed by atoms with E-state index in [-0.39, 0.29) is 5.92 Å². The van der Waals surface area contributed by atoms with Crippen LogP contribution in [0.2, 0.25) is 0 Å². The number of rotatable bonds is 1. The molecule has 1 fully saturated rings. The number of hydrogen-bond acceptors (Lipinski definition) is 3. The van der Waals surface area contributed by atoms with Gasteiger partial charge in [-0.2, -0.15) is 5.26 Å². The van der Waals surface area contributed by atoms with Crippen molar-refractivity contribution in [2.75, 3.05) is 18.0 Å². The molecule has 0 aliphatic carbocycles. The van der Waals surface area contributed by atoms with Crippen LogP contribution in [-0.4, -0.2) is 18.1 Å². The third-order valence-corrected chi connectivity index (χ3v) is 2.97. The summed E-state index contributed by atoms with van der Waals surface area (Å²) in [6, 6.07) is 2.35. The molecule has 78 valence electrons. The zero-order valence-electron chi connectivity index (χ0n) is 9.20. The highest BCUT2D eigenvalue weighted by molar-refractivity contribution is 5.58. The maximum atomic E-state index is 8.88. The molecule has 1 aliphatic heterocycles. The second-order valence-electron chi connectivity index (χ2n) is 4.18. The van der Waals surface area contributed by atoms with Crippen molar-refractivity contribution in [3.05, 3.63) is 23.5 Å². The van der Waals surface area contributed by atoms with Crippen LogP contribution in [0.1, 0.15) is 17.5 Å². The molecule has 2 heterocycles. The Bertz CT molecular complexity index is 386. The topological polar surface area (TPSA) is 39.9 Å². The minimum absolute atomic E-state index is 0.192. The summed E-state index contributed by atoms with van der Waals surface area (Å²) < 4.78 is 0. The van der Waals surface area contributed by atoms with E-state index in [4.69, 9.17) is 5.26 Å². The van der Waals surface area contributed by atoms with E-state index in [1.165, 1.54) is 16.8 Å². The lowest BCUT2D eigenvalue weighted by atomic mass is 10.1. The van der Waals surface area contributed by atoms with Crippen LogP contribution < -0.4 is 4.90 Å². The van der Waals surface area contributed by atoms with Crippen LogP contribution in [0.4, 0.5) is 5.69 Å². The fourth-order valence-electron chi connectivity index (χ4n) is 2.26. The quantitative estimate of drug-likeness (QED) is 0.698. The Hall–Kier alpha value is -1.56. The molecule has 3 nitrogen and oxygen atoms in total. The van der Waals surface area contributed by atoms with E-state index >= 15 is 0 Å². The SMILES string of the molecule is Cc1cncc(C)c1N1CCC(C#N)C1. The molecule has 0 amide bonds. The van der Waals surface area contributed by atoms with Crippen molar-refractivity contribution in [2.24, 2.45) is 5.92 Å². The van der Waals surface area contributed by atoms with Crippen LogP contribution in [0.25, 0.3) is 0 Å². The van der Waals surface area contributed by atoms with Gasteiger partial charge in [0.2, 0.25) is 0 Å². The molecule has 0 bridgehead atoms. The molecule has 1 saturated heterocycles. The minimum Gasteiger partial charge on any atom is -0.370 e. The van der Waals surface area contributed by atoms with Crippen molar-refractivity contribution in [2.45, 2.75) is 20.3 Å². The first-order chi connectivity index (χ1) is 7.22. The van der Waals surface area contributed by atoms with Gasteiger partial charge in [-0.25, -0.2) is 0 Å². The summed E-state index contributed by atoms with van der Waals surface area (Å²) in [5.74, 6) is 0.192. The van der Waals surface area contributed by atoms with E-state index in [2.05, 4.69) is 29.8 Å². The van der Waals surface area contributed by atoms with Crippen molar-refractivity contribution in [1.82, 2.24) is 4.98 Å². The fraction of sp³-hybridized carbons (Fsp3) is 0.500. The number of nitriles is 1. The van der Waals surface area contributed by atoms with Gasteiger partial charge >= 0.3 is 0 Å². The first kappa shape index (κ1) is 9.97. The van der Waals surface area contributed by atoms with Crippen LogP contribution in [0.5, 0.6) is 0 Å². The van der Waals surface area contributed by atoms with E-state index in [1.807, 2.05) is 12.4 Å². The third kappa shape index (κ3) is 1.80. The molecular weight excluding hydrogens is 186 g/mol. The maximum Gasteiger partial charge on any atom is 0.0675 e. The zero-order valence-corrected chi connectivity index (χ0v) is 9.20. The molecular formula is C12H15N3. The minimum atomic E-state index is 0.192. The standard InChI is InChI=1S/C12H15N3/c1-9-6-14-7-10(2)12(9)15-4-3-11(5-13)8-15/h6-7,11H,3-4,8H2,1-2H3. The van der Waals surface area contributed by atoms with Crippen LogP contribution in [0.15, 0.2) is 12.4 Å². The Morgan fingerprint density at radius 3 is 2.60 bits per heavy atom. The van der Waals surface area contributed by atoms with Gasteiger partial charge < -0.3 is 4.90 Å². The van der Waals surface area contributed by atoms with Gasteiger partial charge in [-0.3, -0.25) is 4.98 Å². The van der Waals surface area contributed by atoms with Crippen LogP contribution in [-0.2, 0) is 0 Å². The Morgan fingerprint density at radius 2 is 2.07 bits per heavy atom. The van der Waals surface area contributed by atoms with Crippen molar-refractivity contribution < 1.29 is 0 Å². The lowest BCUT2D eigenvalue weighted by Crippen LogP contribution is -2.21. The zero-order chi connectivity index (χ0) is 10.8. The summed E-state index contributed by atoms with van der Waals surface area (Å²) in [7, 11) is 0. The molecule has 0 saturated carbocycles. The van der Waals surface area contributed by atoms with Crippen molar-refractivity contribution in [3.8, 4) is 6.07 Å². The summed E-state index contributed by atoms with van der Waals surface area (Å²) in [4.78, 5) is 6.47. The molecule has 1 aromatic rings.